The molecule has 158 valence electrons. The Morgan fingerprint density at radius 2 is 1.90 bits per heavy atom. The van der Waals surface area contributed by atoms with Gasteiger partial charge in [0.1, 0.15) is 11.6 Å². The Labute approximate surface area is 183 Å². The fourth-order valence-corrected chi connectivity index (χ4v) is 3.09. The van der Waals surface area contributed by atoms with Crippen molar-refractivity contribution in [1.82, 2.24) is 0 Å². The van der Waals surface area contributed by atoms with Crippen LogP contribution in [-0.4, -0.2) is 19.1 Å². The lowest BCUT2D eigenvalue weighted by Crippen LogP contribution is -2.13. The number of hydrogen-bond acceptors (Lipinski definition) is 4. The maximum absolute atomic E-state index is 12.4. The normalized spacial score (nSPS) is 10.9. The highest BCUT2D eigenvalue weighted by Crippen LogP contribution is 2.37. The van der Waals surface area contributed by atoms with Crippen LogP contribution >= 0.6 is 11.6 Å². The summed E-state index contributed by atoms with van der Waals surface area (Å²) >= 11 is 6.43. The molecule has 2 rings (SSSR count). The first kappa shape index (κ1) is 23.3. The number of rotatable bonds is 11. The first-order chi connectivity index (χ1) is 14.6. The van der Waals surface area contributed by atoms with Crippen molar-refractivity contribution in [3.05, 3.63) is 58.6 Å². The molecule has 0 bridgehead atoms. The molecule has 1 amide bonds. The van der Waals surface area contributed by atoms with E-state index >= 15 is 0 Å². The Morgan fingerprint density at radius 3 is 2.57 bits per heavy atom. The van der Waals surface area contributed by atoms with E-state index in [-0.39, 0.29) is 5.57 Å². The molecular formula is C24H27ClN2O3. The molecule has 30 heavy (non-hydrogen) atoms. The van der Waals surface area contributed by atoms with Crippen LogP contribution in [-0.2, 0) is 4.79 Å². The Morgan fingerprint density at radius 1 is 1.13 bits per heavy atom. The molecule has 0 heterocycles. The molecule has 0 aliphatic heterocycles. The summed E-state index contributed by atoms with van der Waals surface area (Å²) in [6.45, 7) is 5.02. The molecule has 0 aliphatic carbocycles. The zero-order valence-corrected chi connectivity index (χ0v) is 18.2. The number of para-hydroxylation sites is 1. The predicted octanol–water partition coefficient (Wildman–Crippen LogP) is 6.24. The SMILES string of the molecule is CCCCCCOc1c(Cl)cc(/C=C(\C#N)C(=O)Nc2ccccc2)cc1OCC. The van der Waals surface area contributed by atoms with Gasteiger partial charge in [-0.15, -0.1) is 0 Å². The van der Waals surface area contributed by atoms with Crippen LogP contribution in [0.2, 0.25) is 5.02 Å². The van der Waals surface area contributed by atoms with Crippen molar-refractivity contribution >= 4 is 29.3 Å². The van der Waals surface area contributed by atoms with Crippen LogP contribution in [0.25, 0.3) is 6.08 Å². The van der Waals surface area contributed by atoms with E-state index in [0.29, 0.717) is 41.0 Å². The van der Waals surface area contributed by atoms with E-state index in [1.165, 1.54) is 12.5 Å². The van der Waals surface area contributed by atoms with Gasteiger partial charge >= 0.3 is 0 Å². The summed E-state index contributed by atoms with van der Waals surface area (Å²) < 4.78 is 11.5. The molecule has 0 aliphatic rings. The van der Waals surface area contributed by atoms with Crippen molar-refractivity contribution in [2.24, 2.45) is 0 Å². The summed E-state index contributed by atoms with van der Waals surface area (Å²) in [6.07, 6.45) is 5.85. The van der Waals surface area contributed by atoms with Gasteiger partial charge in [-0.1, -0.05) is 56.0 Å². The molecule has 0 radical (unpaired) electrons. The van der Waals surface area contributed by atoms with Crippen LogP contribution in [0.5, 0.6) is 11.5 Å². The number of benzene rings is 2. The number of carbonyl (C=O) groups is 1. The number of unbranched alkanes of at least 4 members (excludes halogenated alkanes) is 3. The van der Waals surface area contributed by atoms with E-state index in [1.807, 2.05) is 19.1 Å². The summed E-state index contributed by atoms with van der Waals surface area (Å²) in [4.78, 5) is 12.4. The molecule has 5 nitrogen and oxygen atoms in total. The summed E-state index contributed by atoms with van der Waals surface area (Å²) in [5.74, 6) is 0.487. The van der Waals surface area contributed by atoms with Gasteiger partial charge in [0.15, 0.2) is 11.5 Å². The van der Waals surface area contributed by atoms with Crippen molar-refractivity contribution in [3.63, 3.8) is 0 Å². The number of nitriles is 1. The predicted molar refractivity (Wildman–Crippen MR) is 121 cm³/mol. The minimum absolute atomic E-state index is 0.0365. The monoisotopic (exact) mass is 426 g/mol. The van der Waals surface area contributed by atoms with Gasteiger partial charge in [-0.05, 0) is 49.2 Å². The van der Waals surface area contributed by atoms with Gasteiger partial charge in [-0.2, -0.15) is 5.26 Å². The zero-order valence-electron chi connectivity index (χ0n) is 17.4. The molecule has 0 unspecified atom stereocenters. The van der Waals surface area contributed by atoms with Gasteiger partial charge in [0, 0.05) is 5.69 Å². The second kappa shape index (κ2) is 12.6. The number of nitrogens with zero attached hydrogens (tertiary/aromatic N) is 1. The van der Waals surface area contributed by atoms with Crippen LogP contribution in [0.1, 0.15) is 45.1 Å². The third kappa shape index (κ3) is 7.13. The average Bonchev–Trinajstić information content (AvgIpc) is 2.74. The summed E-state index contributed by atoms with van der Waals surface area (Å²) in [5.41, 5.74) is 1.16. The van der Waals surface area contributed by atoms with Crippen molar-refractivity contribution in [1.29, 1.82) is 5.26 Å². The number of anilines is 1. The maximum atomic E-state index is 12.4. The third-order valence-corrected chi connectivity index (χ3v) is 4.56. The Balaban J connectivity index is 2.20. The van der Waals surface area contributed by atoms with E-state index in [2.05, 4.69) is 12.2 Å². The quantitative estimate of drug-likeness (QED) is 0.262. The fourth-order valence-electron chi connectivity index (χ4n) is 2.81. The highest BCUT2D eigenvalue weighted by molar-refractivity contribution is 6.32. The van der Waals surface area contributed by atoms with Gasteiger partial charge in [-0.3, -0.25) is 4.79 Å². The fraction of sp³-hybridized carbons (Fsp3) is 0.333. The summed E-state index contributed by atoms with van der Waals surface area (Å²) in [5, 5.41) is 12.5. The molecular weight excluding hydrogens is 400 g/mol. The standard InChI is InChI=1S/C24H27ClN2O3/c1-3-5-6-10-13-30-23-21(25)15-18(16-22(23)29-4-2)14-19(17-26)24(28)27-20-11-8-7-9-12-20/h7-9,11-12,14-16H,3-6,10,13H2,1-2H3,(H,27,28)/b19-14+. The van der Waals surface area contributed by atoms with Crippen LogP contribution in [0, 0.1) is 11.3 Å². The summed E-state index contributed by atoms with van der Waals surface area (Å²) in [6, 6.07) is 14.3. The lowest BCUT2D eigenvalue weighted by molar-refractivity contribution is -0.112. The molecule has 1 N–H and O–H groups in total. The van der Waals surface area contributed by atoms with E-state index in [1.54, 1.807) is 36.4 Å². The van der Waals surface area contributed by atoms with Crippen molar-refractivity contribution in [2.75, 3.05) is 18.5 Å². The molecule has 2 aromatic rings. The molecule has 0 spiro atoms. The molecule has 2 aromatic carbocycles. The van der Waals surface area contributed by atoms with Crippen LogP contribution < -0.4 is 14.8 Å². The van der Waals surface area contributed by atoms with E-state index in [0.717, 1.165) is 19.3 Å². The lowest BCUT2D eigenvalue weighted by atomic mass is 10.1. The topological polar surface area (TPSA) is 71.3 Å². The van der Waals surface area contributed by atoms with Gasteiger partial charge in [0.25, 0.3) is 5.91 Å². The Kier molecular flexibility index (Phi) is 9.76. The van der Waals surface area contributed by atoms with E-state index in [9.17, 15) is 10.1 Å². The van der Waals surface area contributed by atoms with Gasteiger partial charge < -0.3 is 14.8 Å². The number of amides is 1. The number of ether oxygens (including phenoxy) is 2. The average molecular weight is 427 g/mol. The van der Waals surface area contributed by atoms with Crippen LogP contribution in [0.15, 0.2) is 48.0 Å². The summed E-state index contributed by atoms with van der Waals surface area (Å²) in [7, 11) is 0. The zero-order chi connectivity index (χ0) is 21.8. The van der Waals surface area contributed by atoms with Gasteiger partial charge in [0.2, 0.25) is 0 Å². The smallest absolute Gasteiger partial charge is 0.266 e. The number of carbonyl (C=O) groups excluding carboxylic acids is 1. The highest BCUT2D eigenvalue weighted by Gasteiger charge is 2.14. The van der Waals surface area contributed by atoms with Crippen molar-refractivity contribution < 1.29 is 14.3 Å². The first-order valence-corrected chi connectivity index (χ1v) is 10.5. The number of nitrogens with one attached hydrogen (secondary N) is 1. The van der Waals surface area contributed by atoms with Crippen LogP contribution in [0.3, 0.4) is 0 Å². The second-order valence-electron chi connectivity index (χ2n) is 6.66. The highest BCUT2D eigenvalue weighted by atomic mass is 35.5. The third-order valence-electron chi connectivity index (χ3n) is 4.28. The number of halogens is 1. The van der Waals surface area contributed by atoms with Crippen molar-refractivity contribution in [2.45, 2.75) is 39.5 Å². The first-order valence-electron chi connectivity index (χ1n) is 10.2. The minimum atomic E-state index is -0.492. The molecule has 6 heteroatoms. The molecule has 0 fully saturated rings. The second-order valence-corrected chi connectivity index (χ2v) is 7.07. The minimum Gasteiger partial charge on any atom is -0.490 e. The number of hydrogen-bond donors (Lipinski definition) is 1. The molecule has 0 aromatic heterocycles. The molecule has 0 atom stereocenters. The Bertz CT molecular complexity index is 905. The molecule has 0 saturated heterocycles. The lowest BCUT2D eigenvalue weighted by Gasteiger charge is -2.14. The largest absolute Gasteiger partial charge is 0.490 e. The van der Waals surface area contributed by atoms with Crippen molar-refractivity contribution in [3.8, 4) is 17.6 Å². The molecule has 0 saturated carbocycles. The maximum Gasteiger partial charge on any atom is 0.266 e. The van der Waals surface area contributed by atoms with Gasteiger partial charge in [0.05, 0.1) is 18.2 Å². The van der Waals surface area contributed by atoms with Gasteiger partial charge in [-0.25, -0.2) is 0 Å². The van der Waals surface area contributed by atoms with E-state index in [4.69, 9.17) is 21.1 Å². The van der Waals surface area contributed by atoms with Crippen LogP contribution in [0.4, 0.5) is 5.69 Å². The van der Waals surface area contributed by atoms with E-state index < -0.39 is 5.91 Å². The Hall–Kier alpha value is -2.97.